The summed E-state index contributed by atoms with van der Waals surface area (Å²) in [5, 5.41) is 11.1. The van der Waals surface area contributed by atoms with Crippen molar-refractivity contribution in [2.24, 2.45) is 23.7 Å². The Bertz CT molecular complexity index is 666. The van der Waals surface area contributed by atoms with Gasteiger partial charge in [0.05, 0.1) is 16.7 Å². The van der Waals surface area contributed by atoms with Crippen LogP contribution in [0.1, 0.15) is 21.7 Å². The SMILES string of the molecule is Cc1ccsc1C(=O)NNC(=O)[C@H]1[C@@H](C(=O)O)[C@H]2C=C[C@@H]1C2. The molecule has 0 radical (unpaired) electrons. The number of hydrogen-bond donors (Lipinski definition) is 3. The number of allylic oxidation sites excluding steroid dienone is 2. The molecule has 0 spiro atoms. The molecule has 7 heteroatoms. The van der Waals surface area contributed by atoms with Crippen molar-refractivity contribution in [2.45, 2.75) is 13.3 Å². The molecular formula is C15H16N2O4S. The fourth-order valence-electron chi connectivity index (χ4n) is 3.38. The van der Waals surface area contributed by atoms with E-state index in [-0.39, 0.29) is 17.7 Å². The van der Waals surface area contributed by atoms with Crippen molar-refractivity contribution < 1.29 is 19.5 Å². The fourth-order valence-corrected chi connectivity index (χ4v) is 4.20. The highest BCUT2D eigenvalue weighted by molar-refractivity contribution is 7.12. The summed E-state index contributed by atoms with van der Waals surface area (Å²) in [5.74, 6) is -3.27. The van der Waals surface area contributed by atoms with Crippen LogP contribution in [0.25, 0.3) is 0 Å². The van der Waals surface area contributed by atoms with Crippen LogP contribution in [0.5, 0.6) is 0 Å². The molecule has 1 saturated carbocycles. The van der Waals surface area contributed by atoms with Gasteiger partial charge in [0.15, 0.2) is 0 Å². The first kappa shape index (κ1) is 14.8. The highest BCUT2D eigenvalue weighted by Gasteiger charge is 2.51. The second-order valence-electron chi connectivity index (χ2n) is 5.71. The Morgan fingerprint density at radius 3 is 2.45 bits per heavy atom. The minimum Gasteiger partial charge on any atom is -0.481 e. The summed E-state index contributed by atoms with van der Waals surface area (Å²) in [5.41, 5.74) is 5.59. The maximum absolute atomic E-state index is 12.3. The molecule has 6 nitrogen and oxygen atoms in total. The lowest BCUT2D eigenvalue weighted by atomic mass is 9.82. The fraction of sp³-hybridized carbons (Fsp3) is 0.400. The van der Waals surface area contributed by atoms with Crippen LogP contribution in [-0.4, -0.2) is 22.9 Å². The molecule has 1 aromatic heterocycles. The first-order chi connectivity index (χ1) is 10.5. The highest BCUT2D eigenvalue weighted by Crippen LogP contribution is 2.48. The van der Waals surface area contributed by atoms with E-state index in [4.69, 9.17) is 0 Å². The summed E-state index contributed by atoms with van der Waals surface area (Å²) in [7, 11) is 0. The van der Waals surface area contributed by atoms with Gasteiger partial charge in [-0.3, -0.25) is 25.2 Å². The lowest BCUT2D eigenvalue weighted by molar-refractivity contribution is -0.148. The Balaban J connectivity index is 1.65. The number of amides is 2. The summed E-state index contributed by atoms with van der Waals surface area (Å²) in [6.07, 6.45) is 4.47. The molecule has 0 saturated heterocycles. The van der Waals surface area contributed by atoms with Crippen LogP contribution in [0.15, 0.2) is 23.6 Å². The van der Waals surface area contributed by atoms with Crippen molar-refractivity contribution in [1.29, 1.82) is 0 Å². The van der Waals surface area contributed by atoms with E-state index in [1.807, 2.05) is 25.1 Å². The Kier molecular flexibility index (Phi) is 3.74. The number of carboxylic acids is 1. The van der Waals surface area contributed by atoms with E-state index in [9.17, 15) is 19.5 Å². The summed E-state index contributed by atoms with van der Waals surface area (Å²) in [6, 6.07) is 1.82. The number of aliphatic carboxylic acids is 1. The smallest absolute Gasteiger partial charge is 0.307 e. The molecule has 0 unspecified atom stereocenters. The van der Waals surface area contributed by atoms with Gasteiger partial charge in [-0.1, -0.05) is 12.2 Å². The minimum atomic E-state index is -0.961. The van der Waals surface area contributed by atoms with Crippen LogP contribution in [0.2, 0.25) is 0 Å². The lowest BCUT2D eigenvalue weighted by Gasteiger charge is -2.23. The average Bonchev–Trinajstić information content (AvgIpc) is 3.18. The molecule has 2 amide bonds. The van der Waals surface area contributed by atoms with E-state index in [0.717, 1.165) is 5.56 Å². The lowest BCUT2D eigenvalue weighted by Crippen LogP contribution is -2.48. The maximum atomic E-state index is 12.3. The van der Waals surface area contributed by atoms with Gasteiger partial charge in [-0.05, 0) is 42.2 Å². The van der Waals surface area contributed by atoms with Crippen molar-refractivity contribution >= 4 is 29.1 Å². The number of carboxylic acid groups (broad SMARTS) is 1. The highest BCUT2D eigenvalue weighted by atomic mass is 32.1. The van der Waals surface area contributed by atoms with E-state index >= 15 is 0 Å². The normalized spacial score (nSPS) is 28.6. The molecule has 2 bridgehead atoms. The first-order valence-electron chi connectivity index (χ1n) is 7.04. The number of aryl methyl sites for hydroxylation is 1. The molecule has 0 aliphatic heterocycles. The maximum Gasteiger partial charge on any atom is 0.307 e. The van der Waals surface area contributed by atoms with E-state index in [0.29, 0.717) is 11.3 Å². The summed E-state index contributed by atoms with van der Waals surface area (Å²) < 4.78 is 0. The van der Waals surface area contributed by atoms with Gasteiger partial charge in [0.25, 0.3) is 5.91 Å². The van der Waals surface area contributed by atoms with Gasteiger partial charge in [0, 0.05) is 0 Å². The van der Waals surface area contributed by atoms with E-state index in [1.165, 1.54) is 11.3 Å². The van der Waals surface area contributed by atoms with Gasteiger partial charge < -0.3 is 5.11 Å². The van der Waals surface area contributed by atoms with Crippen LogP contribution < -0.4 is 10.9 Å². The van der Waals surface area contributed by atoms with Gasteiger partial charge in [-0.15, -0.1) is 11.3 Å². The molecule has 3 N–H and O–H groups in total. The Morgan fingerprint density at radius 1 is 1.18 bits per heavy atom. The average molecular weight is 320 g/mol. The number of carbonyl (C=O) groups is 3. The van der Waals surface area contributed by atoms with Gasteiger partial charge in [0.2, 0.25) is 5.91 Å². The molecule has 0 aromatic carbocycles. The molecule has 2 aliphatic rings. The van der Waals surface area contributed by atoms with Crippen molar-refractivity contribution in [2.75, 3.05) is 0 Å². The first-order valence-corrected chi connectivity index (χ1v) is 7.92. The molecule has 1 heterocycles. The number of hydrazine groups is 1. The summed E-state index contributed by atoms with van der Waals surface area (Å²) in [6.45, 7) is 1.81. The van der Waals surface area contributed by atoms with Crippen LogP contribution in [0.3, 0.4) is 0 Å². The van der Waals surface area contributed by atoms with Crippen molar-refractivity contribution in [3.63, 3.8) is 0 Å². The summed E-state index contributed by atoms with van der Waals surface area (Å²) >= 11 is 1.29. The molecular weight excluding hydrogens is 304 g/mol. The molecule has 1 fully saturated rings. The quantitative estimate of drug-likeness (QED) is 0.578. The van der Waals surface area contributed by atoms with Crippen LogP contribution >= 0.6 is 11.3 Å². The van der Waals surface area contributed by atoms with Crippen LogP contribution in [-0.2, 0) is 9.59 Å². The monoisotopic (exact) mass is 320 g/mol. The predicted octanol–water partition coefficient (Wildman–Crippen LogP) is 1.34. The third-order valence-corrected chi connectivity index (χ3v) is 5.43. The molecule has 22 heavy (non-hydrogen) atoms. The largest absolute Gasteiger partial charge is 0.481 e. The van der Waals surface area contributed by atoms with E-state index in [1.54, 1.807) is 5.38 Å². The third kappa shape index (κ3) is 2.41. The van der Waals surface area contributed by atoms with E-state index < -0.39 is 23.7 Å². The van der Waals surface area contributed by atoms with Crippen LogP contribution in [0, 0.1) is 30.6 Å². The standard InChI is InChI=1S/C15H16N2O4S/c1-7-4-5-22-12(7)14(19)17-16-13(18)10-8-2-3-9(6-8)11(10)15(20)21/h2-5,8-11H,6H2,1H3,(H,16,18)(H,17,19)(H,20,21)/t8-,9+,10-,11+/m1/s1. The Hall–Kier alpha value is -2.15. The van der Waals surface area contributed by atoms with Crippen LogP contribution in [0.4, 0.5) is 0 Å². The minimum absolute atomic E-state index is 0.0634. The molecule has 2 aliphatic carbocycles. The number of fused-ring (bicyclic) bond motifs is 2. The Morgan fingerprint density at radius 2 is 1.86 bits per heavy atom. The van der Waals surface area contributed by atoms with Gasteiger partial charge >= 0.3 is 5.97 Å². The molecule has 3 rings (SSSR count). The number of nitrogens with one attached hydrogen (secondary N) is 2. The number of thiophene rings is 1. The molecule has 1 aromatic rings. The second kappa shape index (κ2) is 5.57. The zero-order valence-electron chi connectivity index (χ0n) is 11.9. The predicted molar refractivity (Wildman–Crippen MR) is 80.0 cm³/mol. The van der Waals surface area contributed by atoms with E-state index in [2.05, 4.69) is 10.9 Å². The van der Waals surface area contributed by atoms with Crippen molar-refractivity contribution in [3.05, 3.63) is 34.0 Å². The van der Waals surface area contributed by atoms with Gasteiger partial charge in [0.1, 0.15) is 0 Å². The van der Waals surface area contributed by atoms with Crippen molar-refractivity contribution in [1.82, 2.24) is 10.9 Å². The van der Waals surface area contributed by atoms with Gasteiger partial charge in [-0.2, -0.15) is 0 Å². The Labute approximate surface area is 131 Å². The number of rotatable bonds is 3. The second-order valence-corrected chi connectivity index (χ2v) is 6.63. The van der Waals surface area contributed by atoms with Gasteiger partial charge in [-0.25, -0.2) is 0 Å². The topological polar surface area (TPSA) is 95.5 Å². The molecule has 116 valence electrons. The third-order valence-electron chi connectivity index (χ3n) is 4.41. The zero-order chi connectivity index (χ0) is 15.9. The van der Waals surface area contributed by atoms with Crippen molar-refractivity contribution in [3.8, 4) is 0 Å². The number of hydrogen-bond acceptors (Lipinski definition) is 4. The summed E-state index contributed by atoms with van der Waals surface area (Å²) in [4.78, 5) is 36.2. The molecule has 4 atom stereocenters. The zero-order valence-corrected chi connectivity index (χ0v) is 12.7. The number of carbonyl (C=O) groups excluding carboxylic acids is 2.